The Morgan fingerprint density at radius 2 is 1.95 bits per heavy atom. The Morgan fingerprint density at radius 1 is 1.14 bits per heavy atom. The second kappa shape index (κ2) is 5.69. The predicted molar refractivity (Wildman–Crippen MR) is 83.2 cm³/mol. The van der Waals surface area contributed by atoms with Gasteiger partial charge in [-0.25, -0.2) is 0 Å². The predicted octanol–water partition coefficient (Wildman–Crippen LogP) is 2.92. The number of nitrogens with one attached hydrogen (secondary N) is 3. The van der Waals surface area contributed by atoms with Gasteiger partial charge in [-0.3, -0.25) is 15.0 Å². The van der Waals surface area contributed by atoms with Crippen LogP contribution in [0.5, 0.6) is 0 Å². The Hall–Kier alpha value is -2.78. The van der Waals surface area contributed by atoms with Crippen LogP contribution in [-0.2, 0) is 6.54 Å². The lowest BCUT2D eigenvalue weighted by atomic mass is 10.1. The molecule has 0 radical (unpaired) electrons. The highest BCUT2D eigenvalue weighted by Gasteiger charge is 2.02. The third kappa shape index (κ3) is 3.04. The van der Waals surface area contributed by atoms with Gasteiger partial charge < -0.3 is 5.32 Å². The Labute approximate surface area is 124 Å². The smallest absolute Gasteiger partial charge is 0.264 e. The van der Waals surface area contributed by atoms with Gasteiger partial charge in [-0.2, -0.15) is 5.26 Å². The maximum absolute atomic E-state index is 11.1. The van der Waals surface area contributed by atoms with E-state index < -0.39 is 0 Å². The van der Waals surface area contributed by atoms with E-state index in [0.717, 1.165) is 26.7 Å². The van der Waals surface area contributed by atoms with E-state index in [0.29, 0.717) is 6.54 Å². The second-order valence-electron chi connectivity index (χ2n) is 4.48. The average molecular weight is 296 g/mol. The highest BCUT2D eigenvalue weighted by atomic mass is 32.1. The Kier molecular flexibility index (Phi) is 3.58. The molecular weight excluding hydrogens is 284 g/mol. The molecule has 0 aliphatic carbocycles. The van der Waals surface area contributed by atoms with Crippen molar-refractivity contribution in [3.63, 3.8) is 0 Å². The summed E-state index contributed by atoms with van der Waals surface area (Å²) in [6, 6.07) is 15.2. The van der Waals surface area contributed by atoms with Crippen molar-refractivity contribution in [3.05, 3.63) is 62.6 Å². The molecule has 21 heavy (non-hydrogen) atoms. The van der Waals surface area contributed by atoms with Crippen LogP contribution in [-0.4, -0.2) is 10.2 Å². The summed E-state index contributed by atoms with van der Waals surface area (Å²) in [6.45, 7) is 0.687. The summed E-state index contributed by atoms with van der Waals surface area (Å²) in [4.78, 5) is 12.9. The molecule has 0 fully saturated rings. The molecule has 3 N–H and O–H groups in total. The van der Waals surface area contributed by atoms with Gasteiger partial charge in [-0.05, 0) is 29.8 Å². The molecule has 5 nitrogen and oxygen atoms in total. The van der Waals surface area contributed by atoms with E-state index in [2.05, 4.69) is 21.6 Å². The first-order chi connectivity index (χ1) is 10.2. The number of H-pyrrole nitrogens is 2. The van der Waals surface area contributed by atoms with Crippen LogP contribution >= 0.6 is 11.3 Å². The molecule has 0 aliphatic rings. The number of nitrogens with zero attached hydrogens (tertiary/aromatic N) is 1. The van der Waals surface area contributed by atoms with Crippen LogP contribution < -0.4 is 10.9 Å². The highest BCUT2D eigenvalue weighted by molar-refractivity contribution is 7.12. The van der Waals surface area contributed by atoms with Crippen LogP contribution in [0.4, 0.5) is 5.69 Å². The van der Waals surface area contributed by atoms with Crippen molar-refractivity contribution < 1.29 is 0 Å². The number of anilines is 1. The van der Waals surface area contributed by atoms with Crippen molar-refractivity contribution >= 4 is 17.0 Å². The van der Waals surface area contributed by atoms with Crippen molar-refractivity contribution in [2.24, 2.45) is 0 Å². The molecule has 3 rings (SSSR count). The molecule has 0 spiro atoms. The summed E-state index contributed by atoms with van der Waals surface area (Å²) < 4.78 is 0. The van der Waals surface area contributed by atoms with E-state index in [-0.39, 0.29) is 5.56 Å². The summed E-state index contributed by atoms with van der Waals surface area (Å²) in [5, 5.41) is 17.4. The Bertz CT molecular complexity index is 835. The van der Waals surface area contributed by atoms with Gasteiger partial charge in [-0.15, -0.1) is 11.3 Å². The summed E-state index contributed by atoms with van der Waals surface area (Å²) >= 11 is 1.49. The van der Waals surface area contributed by atoms with Crippen LogP contribution in [0.2, 0.25) is 0 Å². The minimum Gasteiger partial charge on any atom is -0.380 e. The number of rotatable bonds is 4. The molecule has 2 heterocycles. The van der Waals surface area contributed by atoms with Crippen molar-refractivity contribution in [1.82, 2.24) is 10.2 Å². The van der Waals surface area contributed by atoms with Gasteiger partial charge in [-0.1, -0.05) is 12.1 Å². The lowest BCUT2D eigenvalue weighted by Gasteiger charge is -2.05. The van der Waals surface area contributed by atoms with E-state index in [9.17, 15) is 4.79 Å². The van der Waals surface area contributed by atoms with Gasteiger partial charge in [0.05, 0.1) is 5.69 Å². The zero-order chi connectivity index (χ0) is 14.7. The lowest BCUT2D eigenvalue weighted by Crippen LogP contribution is -1.96. The minimum absolute atomic E-state index is 0.141. The first-order valence-electron chi connectivity index (χ1n) is 6.35. The molecule has 6 heteroatoms. The largest absolute Gasteiger partial charge is 0.380 e. The van der Waals surface area contributed by atoms with Gasteiger partial charge in [0.2, 0.25) is 0 Å². The lowest BCUT2D eigenvalue weighted by molar-refractivity contribution is 1.06. The molecule has 0 bridgehead atoms. The first kappa shape index (κ1) is 13.2. The monoisotopic (exact) mass is 296 g/mol. The fourth-order valence-electron chi connectivity index (χ4n) is 1.98. The van der Waals surface area contributed by atoms with Gasteiger partial charge in [0.15, 0.2) is 0 Å². The molecule has 0 saturated carbocycles. The molecule has 104 valence electrons. The first-order valence-corrected chi connectivity index (χ1v) is 7.17. The molecule has 0 unspecified atom stereocenters. The third-order valence-corrected chi connectivity index (χ3v) is 4.02. The third-order valence-electron chi connectivity index (χ3n) is 3.03. The standard InChI is InChI=1S/C15H12N4OS/c16-8-12-5-6-13(21-12)9-17-11-3-1-10(2-4-11)14-7-15(20)19-18-14/h1-7,17H,9H2,(H2,18,19,20). The van der Waals surface area contributed by atoms with Crippen LogP contribution in [0, 0.1) is 11.3 Å². The SMILES string of the molecule is N#Cc1ccc(CNc2ccc(-c3cc(=O)[nH][nH]3)cc2)s1. The molecular formula is C15H12N4OS. The summed E-state index contributed by atoms with van der Waals surface area (Å²) in [5.74, 6) is 0. The van der Waals surface area contributed by atoms with Gasteiger partial charge in [0.1, 0.15) is 10.9 Å². The van der Waals surface area contributed by atoms with Gasteiger partial charge in [0.25, 0.3) is 5.56 Å². The highest BCUT2D eigenvalue weighted by Crippen LogP contribution is 2.20. The number of benzene rings is 1. The van der Waals surface area contributed by atoms with E-state index >= 15 is 0 Å². The average Bonchev–Trinajstić information content (AvgIpc) is 3.14. The normalized spacial score (nSPS) is 10.2. The fraction of sp³-hybridized carbons (Fsp3) is 0.0667. The van der Waals surface area contributed by atoms with Crippen LogP contribution in [0.1, 0.15) is 9.75 Å². The number of thiophene rings is 1. The van der Waals surface area contributed by atoms with Gasteiger partial charge in [0, 0.05) is 23.2 Å². The van der Waals surface area contributed by atoms with Crippen molar-refractivity contribution in [2.75, 3.05) is 5.32 Å². The van der Waals surface area contributed by atoms with Crippen molar-refractivity contribution in [3.8, 4) is 17.3 Å². The Balaban J connectivity index is 1.67. The van der Waals surface area contributed by atoms with Crippen molar-refractivity contribution in [2.45, 2.75) is 6.54 Å². The summed E-state index contributed by atoms with van der Waals surface area (Å²) in [5.41, 5.74) is 2.56. The van der Waals surface area contributed by atoms with E-state index in [1.807, 2.05) is 36.4 Å². The molecule has 2 aromatic heterocycles. The summed E-state index contributed by atoms with van der Waals surface area (Å²) in [7, 11) is 0. The zero-order valence-electron chi connectivity index (χ0n) is 11.0. The number of nitriles is 1. The molecule has 1 aromatic carbocycles. The van der Waals surface area contributed by atoms with Crippen LogP contribution in [0.25, 0.3) is 11.3 Å². The number of hydrogen-bond donors (Lipinski definition) is 3. The zero-order valence-corrected chi connectivity index (χ0v) is 11.8. The fourth-order valence-corrected chi connectivity index (χ4v) is 2.72. The topological polar surface area (TPSA) is 84.5 Å². The number of hydrogen-bond acceptors (Lipinski definition) is 4. The molecule has 0 aliphatic heterocycles. The van der Waals surface area contributed by atoms with Gasteiger partial charge >= 0.3 is 0 Å². The number of aromatic amines is 2. The minimum atomic E-state index is -0.141. The molecule has 3 aromatic rings. The second-order valence-corrected chi connectivity index (χ2v) is 5.65. The molecule has 0 amide bonds. The summed E-state index contributed by atoms with van der Waals surface area (Å²) in [6.07, 6.45) is 0. The van der Waals surface area contributed by atoms with E-state index in [4.69, 9.17) is 5.26 Å². The van der Waals surface area contributed by atoms with Crippen molar-refractivity contribution in [1.29, 1.82) is 5.26 Å². The Morgan fingerprint density at radius 3 is 2.57 bits per heavy atom. The van der Waals surface area contributed by atoms with E-state index in [1.54, 1.807) is 0 Å². The molecule has 0 atom stereocenters. The van der Waals surface area contributed by atoms with Crippen LogP contribution in [0.15, 0.2) is 47.3 Å². The molecule has 0 saturated heterocycles. The van der Waals surface area contributed by atoms with Crippen LogP contribution in [0.3, 0.4) is 0 Å². The van der Waals surface area contributed by atoms with E-state index in [1.165, 1.54) is 17.4 Å². The number of aromatic nitrogens is 2. The quantitative estimate of drug-likeness (QED) is 0.692. The maximum Gasteiger partial charge on any atom is 0.264 e. The maximum atomic E-state index is 11.1.